The van der Waals surface area contributed by atoms with E-state index in [0.29, 0.717) is 21.6 Å². The first-order valence-corrected chi connectivity index (χ1v) is 16.4. The Kier molecular flexibility index (Phi) is 10.5. The van der Waals surface area contributed by atoms with Gasteiger partial charge in [-0.15, -0.1) is 0 Å². The number of sulfonamides is 1. The van der Waals surface area contributed by atoms with Gasteiger partial charge in [-0.05, 0) is 74.2 Å². The zero-order valence-corrected chi connectivity index (χ0v) is 26.4. The lowest BCUT2D eigenvalue weighted by atomic mass is 10.1. The molecule has 0 bridgehead atoms. The highest BCUT2D eigenvalue weighted by atomic mass is 79.9. The molecule has 10 heteroatoms. The maximum absolute atomic E-state index is 14.2. The summed E-state index contributed by atoms with van der Waals surface area (Å²) in [6.07, 6.45) is 4.33. The average Bonchev–Trinajstić information content (AvgIpc) is 3.45. The summed E-state index contributed by atoms with van der Waals surface area (Å²) in [5.74, 6) is -0.707. The quantitative estimate of drug-likeness (QED) is 0.255. The SMILES string of the molecule is CCC(C(=O)NC1CCCC1)N(Cc1ccc(Cl)cc1)C(=O)CN(c1cccc(Br)c1)S(=O)(=O)c1ccc(C)cc1. The summed E-state index contributed by atoms with van der Waals surface area (Å²) in [7, 11) is -4.12. The van der Waals surface area contributed by atoms with Crippen LogP contribution in [0, 0.1) is 6.92 Å². The second kappa shape index (κ2) is 13.9. The summed E-state index contributed by atoms with van der Waals surface area (Å²) < 4.78 is 29.7. The van der Waals surface area contributed by atoms with E-state index in [2.05, 4.69) is 21.2 Å². The van der Waals surface area contributed by atoms with Crippen molar-refractivity contribution >= 4 is 55.1 Å². The third kappa shape index (κ3) is 7.90. The first kappa shape index (κ1) is 31.1. The molecular formula is C31H35BrClN3O4S. The molecule has 41 heavy (non-hydrogen) atoms. The van der Waals surface area contributed by atoms with Gasteiger partial charge in [-0.2, -0.15) is 0 Å². The molecule has 1 fully saturated rings. The molecule has 3 aromatic carbocycles. The van der Waals surface area contributed by atoms with E-state index < -0.39 is 28.5 Å². The standard InChI is InChI=1S/C31H35BrClN3O4S/c1-3-29(31(38)34-26-8-4-5-9-26)35(20-23-13-15-25(33)16-14-23)30(37)21-36(27-10-6-7-24(32)19-27)41(39,40)28-17-11-22(2)12-18-28/h6-7,10-19,26,29H,3-5,8-9,20-21H2,1-2H3,(H,34,38). The Labute approximate surface area is 256 Å². The Hall–Kier alpha value is -2.88. The zero-order chi connectivity index (χ0) is 29.6. The van der Waals surface area contributed by atoms with Crippen molar-refractivity contribution in [3.8, 4) is 0 Å². The molecule has 1 saturated carbocycles. The predicted octanol–water partition coefficient (Wildman–Crippen LogP) is 6.47. The number of rotatable bonds is 11. The second-order valence-electron chi connectivity index (χ2n) is 10.4. The highest BCUT2D eigenvalue weighted by Crippen LogP contribution is 2.28. The number of anilines is 1. The van der Waals surface area contributed by atoms with Crippen molar-refractivity contribution in [3.05, 3.63) is 93.4 Å². The van der Waals surface area contributed by atoms with Gasteiger partial charge in [0.25, 0.3) is 10.0 Å². The molecule has 0 aliphatic heterocycles. The van der Waals surface area contributed by atoms with Crippen molar-refractivity contribution < 1.29 is 18.0 Å². The first-order chi connectivity index (χ1) is 19.6. The van der Waals surface area contributed by atoms with E-state index in [-0.39, 0.29) is 23.4 Å². The number of carbonyl (C=O) groups excluding carboxylic acids is 2. The number of amides is 2. The van der Waals surface area contributed by atoms with Crippen molar-refractivity contribution in [1.29, 1.82) is 0 Å². The summed E-state index contributed by atoms with van der Waals surface area (Å²) in [5, 5.41) is 3.68. The molecule has 7 nitrogen and oxygen atoms in total. The predicted molar refractivity (Wildman–Crippen MR) is 166 cm³/mol. The topological polar surface area (TPSA) is 86.8 Å². The van der Waals surface area contributed by atoms with Crippen molar-refractivity contribution in [2.75, 3.05) is 10.8 Å². The number of nitrogens with zero attached hydrogens (tertiary/aromatic N) is 2. The van der Waals surface area contributed by atoms with Gasteiger partial charge in [-0.25, -0.2) is 8.42 Å². The molecule has 0 spiro atoms. The van der Waals surface area contributed by atoms with E-state index in [1.807, 2.05) is 13.8 Å². The van der Waals surface area contributed by atoms with Crippen LogP contribution in [0.3, 0.4) is 0 Å². The summed E-state index contributed by atoms with van der Waals surface area (Å²) in [4.78, 5) is 29.2. The molecule has 3 aromatic rings. The lowest BCUT2D eigenvalue weighted by molar-refractivity contribution is -0.140. The van der Waals surface area contributed by atoms with Crippen LogP contribution in [0.5, 0.6) is 0 Å². The van der Waals surface area contributed by atoms with Crippen LogP contribution in [0.2, 0.25) is 5.02 Å². The maximum Gasteiger partial charge on any atom is 0.264 e. The zero-order valence-electron chi connectivity index (χ0n) is 23.2. The molecule has 0 aromatic heterocycles. The number of halogens is 2. The number of hydrogen-bond donors (Lipinski definition) is 1. The van der Waals surface area contributed by atoms with Crippen molar-refractivity contribution in [2.24, 2.45) is 0 Å². The Bertz CT molecular complexity index is 1460. The Morgan fingerprint density at radius 3 is 2.29 bits per heavy atom. The number of hydrogen-bond acceptors (Lipinski definition) is 4. The summed E-state index contributed by atoms with van der Waals surface area (Å²) in [5.41, 5.74) is 2.04. The minimum atomic E-state index is -4.12. The molecule has 1 unspecified atom stereocenters. The van der Waals surface area contributed by atoms with Gasteiger partial charge in [-0.1, -0.05) is 83.2 Å². The fourth-order valence-electron chi connectivity index (χ4n) is 5.07. The molecular weight excluding hydrogens is 626 g/mol. The van der Waals surface area contributed by atoms with E-state index in [9.17, 15) is 18.0 Å². The molecule has 2 amide bonds. The highest BCUT2D eigenvalue weighted by molar-refractivity contribution is 9.10. The molecule has 4 rings (SSSR count). The first-order valence-electron chi connectivity index (χ1n) is 13.8. The molecule has 218 valence electrons. The van der Waals surface area contributed by atoms with Gasteiger partial charge < -0.3 is 10.2 Å². The number of benzene rings is 3. The summed E-state index contributed by atoms with van der Waals surface area (Å²) in [6, 6.07) is 19.7. The van der Waals surface area contributed by atoms with E-state index >= 15 is 0 Å². The van der Waals surface area contributed by atoms with E-state index in [1.165, 1.54) is 17.0 Å². The van der Waals surface area contributed by atoms with Gasteiger partial charge in [0.15, 0.2) is 0 Å². The number of carbonyl (C=O) groups is 2. The molecule has 0 radical (unpaired) electrons. The lowest BCUT2D eigenvalue weighted by Crippen LogP contribution is -2.53. The highest BCUT2D eigenvalue weighted by Gasteiger charge is 2.34. The van der Waals surface area contributed by atoms with Crippen LogP contribution in [-0.4, -0.2) is 43.8 Å². The molecule has 0 heterocycles. The van der Waals surface area contributed by atoms with Gasteiger partial charge in [0.1, 0.15) is 12.6 Å². The normalized spacial score (nSPS) is 14.4. The molecule has 1 N–H and O–H groups in total. The minimum absolute atomic E-state index is 0.0751. The van der Waals surface area contributed by atoms with Gasteiger partial charge in [0.2, 0.25) is 11.8 Å². The third-order valence-corrected chi connectivity index (χ3v) is 9.87. The van der Waals surface area contributed by atoms with Crippen LogP contribution in [0.4, 0.5) is 5.69 Å². The lowest BCUT2D eigenvalue weighted by Gasteiger charge is -2.33. The molecule has 1 aliphatic carbocycles. The molecule has 1 atom stereocenters. The number of nitrogens with one attached hydrogen (secondary N) is 1. The van der Waals surface area contributed by atoms with Gasteiger partial charge in [0.05, 0.1) is 10.6 Å². The van der Waals surface area contributed by atoms with Crippen molar-refractivity contribution in [1.82, 2.24) is 10.2 Å². The monoisotopic (exact) mass is 659 g/mol. The van der Waals surface area contributed by atoms with Crippen molar-refractivity contribution in [2.45, 2.75) is 69.5 Å². The average molecular weight is 661 g/mol. The fraction of sp³-hybridized carbons (Fsp3) is 0.355. The van der Waals surface area contributed by atoms with Gasteiger partial charge in [0, 0.05) is 22.1 Å². The van der Waals surface area contributed by atoms with Gasteiger partial charge >= 0.3 is 0 Å². The Morgan fingerprint density at radius 1 is 1.02 bits per heavy atom. The van der Waals surface area contributed by atoms with Crippen molar-refractivity contribution in [3.63, 3.8) is 0 Å². The van der Waals surface area contributed by atoms with E-state index in [0.717, 1.165) is 41.1 Å². The van der Waals surface area contributed by atoms with Crippen LogP contribution in [0.15, 0.2) is 82.2 Å². The Balaban J connectivity index is 1.71. The van der Waals surface area contributed by atoms with E-state index in [4.69, 9.17) is 11.6 Å². The van der Waals surface area contributed by atoms with Crippen LogP contribution in [0.25, 0.3) is 0 Å². The third-order valence-electron chi connectivity index (χ3n) is 7.34. The fourth-order valence-corrected chi connectivity index (χ4v) is 6.99. The summed E-state index contributed by atoms with van der Waals surface area (Å²) in [6.45, 7) is 3.38. The van der Waals surface area contributed by atoms with Crippen LogP contribution >= 0.6 is 27.5 Å². The van der Waals surface area contributed by atoms with Crippen LogP contribution in [-0.2, 0) is 26.2 Å². The van der Waals surface area contributed by atoms with E-state index in [1.54, 1.807) is 60.7 Å². The van der Waals surface area contributed by atoms with Gasteiger partial charge in [-0.3, -0.25) is 13.9 Å². The largest absolute Gasteiger partial charge is 0.352 e. The minimum Gasteiger partial charge on any atom is -0.352 e. The number of aryl methyl sites for hydroxylation is 1. The second-order valence-corrected chi connectivity index (χ2v) is 13.6. The molecule has 1 aliphatic rings. The summed E-state index contributed by atoms with van der Waals surface area (Å²) >= 11 is 9.51. The Morgan fingerprint density at radius 2 is 1.68 bits per heavy atom. The van der Waals surface area contributed by atoms with Crippen LogP contribution in [0.1, 0.15) is 50.2 Å². The maximum atomic E-state index is 14.2. The molecule has 0 saturated heterocycles. The van der Waals surface area contributed by atoms with Crippen LogP contribution < -0.4 is 9.62 Å². The smallest absolute Gasteiger partial charge is 0.264 e.